The summed E-state index contributed by atoms with van der Waals surface area (Å²) in [6.45, 7) is 3.18. The molecule has 0 aromatic heterocycles. The lowest BCUT2D eigenvalue weighted by atomic mass is 9.98. The molecule has 1 fully saturated rings. The third-order valence-corrected chi connectivity index (χ3v) is 3.30. The van der Waals surface area contributed by atoms with Crippen LogP contribution >= 0.6 is 0 Å². The molecule has 0 spiro atoms. The number of hydrogen-bond acceptors (Lipinski definition) is 4. The lowest BCUT2D eigenvalue weighted by Gasteiger charge is -2.34. The molecular weight excluding hydrogens is 264 g/mol. The standard InChI is InChI=1S/C13H22N2O5/c1-3-20-12(18)10-5-4-7-15(9-10)13(19)14(2)8-6-11(16)17/h10H,3-9H2,1-2H3,(H,16,17). The van der Waals surface area contributed by atoms with Crippen molar-refractivity contribution >= 4 is 18.0 Å². The number of nitrogens with zero attached hydrogens (tertiary/aromatic N) is 2. The van der Waals surface area contributed by atoms with Gasteiger partial charge in [-0.25, -0.2) is 4.79 Å². The minimum Gasteiger partial charge on any atom is -0.481 e. The van der Waals surface area contributed by atoms with Gasteiger partial charge < -0.3 is 19.6 Å². The quantitative estimate of drug-likeness (QED) is 0.755. The number of aliphatic carboxylic acids is 1. The van der Waals surface area contributed by atoms with Crippen LogP contribution in [0.4, 0.5) is 4.79 Å². The van der Waals surface area contributed by atoms with Gasteiger partial charge in [0.15, 0.2) is 0 Å². The number of urea groups is 1. The second-order valence-electron chi connectivity index (χ2n) is 4.89. The molecule has 1 N–H and O–H groups in total. The number of carboxylic acid groups (broad SMARTS) is 1. The van der Waals surface area contributed by atoms with Gasteiger partial charge >= 0.3 is 18.0 Å². The van der Waals surface area contributed by atoms with Gasteiger partial charge in [-0.2, -0.15) is 0 Å². The van der Waals surface area contributed by atoms with E-state index in [2.05, 4.69) is 0 Å². The molecular formula is C13H22N2O5. The van der Waals surface area contributed by atoms with Crippen LogP contribution in [0, 0.1) is 5.92 Å². The van der Waals surface area contributed by atoms with Crippen LogP contribution < -0.4 is 0 Å². The van der Waals surface area contributed by atoms with E-state index in [0.717, 1.165) is 12.8 Å². The Labute approximate surface area is 118 Å². The Balaban J connectivity index is 2.51. The molecule has 1 aliphatic heterocycles. The summed E-state index contributed by atoms with van der Waals surface area (Å²) < 4.78 is 4.98. The molecule has 1 rings (SSSR count). The van der Waals surface area contributed by atoms with Crippen LogP contribution in [-0.2, 0) is 14.3 Å². The van der Waals surface area contributed by atoms with Crippen LogP contribution in [0.1, 0.15) is 26.2 Å². The van der Waals surface area contributed by atoms with E-state index < -0.39 is 5.97 Å². The molecule has 0 saturated carbocycles. The van der Waals surface area contributed by atoms with Crippen molar-refractivity contribution in [2.45, 2.75) is 26.2 Å². The summed E-state index contributed by atoms with van der Waals surface area (Å²) in [4.78, 5) is 37.3. The Hall–Kier alpha value is -1.79. The maximum atomic E-state index is 12.1. The summed E-state index contributed by atoms with van der Waals surface area (Å²) in [6, 6.07) is -0.236. The van der Waals surface area contributed by atoms with Crippen LogP contribution in [0.15, 0.2) is 0 Å². The highest BCUT2D eigenvalue weighted by Gasteiger charge is 2.30. The molecule has 114 valence electrons. The average molecular weight is 286 g/mol. The Bertz CT molecular complexity index is 372. The molecule has 7 nitrogen and oxygen atoms in total. The zero-order chi connectivity index (χ0) is 15.1. The number of amides is 2. The number of rotatable bonds is 5. The summed E-state index contributed by atoms with van der Waals surface area (Å²) in [5, 5.41) is 8.62. The number of hydrogen-bond donors (Lipinski definition) is 1. The molecule has 1 aliphatic rings. The summed E-state index contributed by atoms with van der Waals surface area (Å²) in [7, 11) is 1.57. The monoisotopic (exact) mass is 286 g/mol. The molecule has 7 heteroatoms. The number of carbonyl (C=O) groups is 3. The lowest BCUT2D eigenvalue weighted by molar-refractivity contribution is -0.149. The second kappa shape index (κ2) is 7.72. The molecule has 0 bridgehead atoms. The highest BCUT2D eigenvalue weighted by atomic mass is 16.5. The summed E-state index contributed by atoms with van der Waals surface area (Å²) in [5.41, 5.74) is 0. The number of likely N-dealkylation sites (tertiary alicyclic amines) is 1. The van der Waals surface area contributed by atoms with E-state index in [9.17, 15) is 14.4 Å². The van der Waals surface area contributed by atoms with Crippen molar-refractivity contribution in [1.29, 1.82) is 0 Å². The predicted molar refractivity (Wildman–Crippen MR) is 71.2 cm³/mol. The summed E-state index contributed by atoms with van der Waals surface area (Å²) in [6.07, 6.45) is 1.39. The summed E-state index contributed by atoms with van der Waals surface area (Å²) >= 11 is 0. The third-order valence-electron chi connectivity index (χ3n) is 3.30. The largest absolute Gasteiger partial charge is 0.481 e. The number of carbonyl (C=O) groups excluding carboxylic acids is 2. The van der Waals surface area contributed by atoms with E-state index in [1.165, 1.54) is 4.90 Å². The topological polar surface area (TPSA) is 87.2 Å². The van der Waals surface area contributed by atoms with Gasteiger partial charge in [0.1, 0.15) is 0 Å². The van der Waals surface area contributed by atoms with E-state index in [0.29, 0.717) is 19.7 Å². The van der Waals surface area contributed by atoms with Crippen LogP contribution in [0.3, 0.4) is 0 Å². The van der Waals surface area contributed by atoms with Crippen molar-refractivity contribution in [3.05, 3.63) is 0 Å². The minimum absolute atomic E-state index is 0.0859. The van der Waals surface area contributed by atoms with Gasteiger partial charge in [-0.15, -0.1) is 0 Å². The number of carboxylic acids is 1. The Morgan fingerprint density at radius 2 is 2.10 bits per heavy atom. The Kier molecular flexibility index (Phi) is 6.27. The van der Waals surface area contributed by atoms with Crippen molar-refractivity contribution in [2.75, 3.05) is 33.3 Å². The third kappa shape index (κ3) is 4.71. The van der Waals surface area contributed by atoms with Gasteiger partial charge in [0.25, 0.3) is 0 Å². The molecule has 1 heterocycles. The normalized spacial score (nSPS) is 18.5. The molecule has 1 unspecified atom stereocenters. The van der Waals surface area contributed by atoms with Crippen molar-refractivity contribution in [2.24, 2.45) is 5.92 Å². The second-order valence-corrected chi connectivity index (χ2v) is 4.89. The van der Waals surface area contributed by atoms with Crippen LogP contribution in [0.5, 0.6) is 0 Å². The van der Waals surface area contributed by atoms with Crippen molar-refractivity contribution in [3.63, 3.8) is 0 Å². The molecule has 0 aliphatic carbocycles. The number of piperidine rings is 1. The highest BCUT2D eigenvalue weighted by molar-refractivity contribution is 5.77. The van der Waals surface area contributed by atoms with Gasteiger partial charge in [0.2, 0.25) is 0 Å². The van der Waals surface area contributed by atoms with E-state index in [1.807, 2.05) is 0 Å². The fourth-order valence-electron chi connectivity index (χ4n) is 2.20. The average Bonchev–Trinajstić information content (AvgIpc) is 2.44. The van der Waals surface area contributed by atoms with Crippen molar-refractivity contribution in [1.82, 2.24) is 9.80 Å². The molecule has 0 aromatic carbocycles. The first-order chi connectivity index (χ1) is 9.45. The smallest absolute Gasteiger partial charge is 0.319 e. The molecule has 1 atom stereocenters. The van der Waals surface area contributed by atoms with Crippen LogP contribution in [0.2, 0.25) is 0 Å². The zero-order valence-corrected chi connectivity index (χ0v) is 12.0. The lowest BCUT2D eigenvalue weighted by Crippen LogP contribution is -2.48. The van der Waals surface area contributed by atoms with Gasteiger partial charge in [0, 0.05) is 26.7 Å². The van der Waals surface area contributed by atoms with E-state index in [1.54, 1.807) is 18.9 Å². The van der Waals surface area contributed by atoms with Gasteiger partial charge in [-0.1, -0.05) is 0 Å². The van der Waals surface area contributed by atoms with Crippen molar-refractivity contribution in [3.8, 4) is 0 Å². The van der Waals surface area contributed by atoms with E-state index >= 15 is 0 Å². The molecule has 1 saturated heterocycles. The zero-order valence-electron chi connectivity index (χ0n) is 12.0. The van der Waals surface area contributed by atoms with Gasteiger partial charge in [-0.3, -0.25) is 9.59 Å². The Morgan fingerprint density at radius 3 is 2.70 bits per heavy atom. The predicted octanol–water partition coefficient (Wildman–Crippen LogP) is 0.788. The molecule has 2 amide bonds. The fraction of sp³-hybridized carbons (Fsp3) is 0.769. The van der Waals surface area contributed by atoms with Crippen LogP contribution in [-0.4, -0.2) is 66.2 Å². The molecule has 0 aromatic rings. The number of esters is 1. The van der Waals surface area contributed by atoms with E-state index in [4.69, 9.17) is 9.84 Å². The fourth-order valence-corrected chi connectivity index (χ4v) is 2.20. The first-order valence-electron chi connectivity index (χ1n) is 6.84. The Morgan fingerprint density at radius 1 is 1.40 bits per heavy atom. The highest BCUT2D eigenvalue weighted by Crippen LogP contribution is 2.19. The maximum absolute atomic E-state index is 12.1. The molecule has 20 heavy (non-hydrogen) atoms. The minimum atomic E-state index is -0.937. The molecule has 0 radical (unpaired) electrons. The van der Waals surface area contributed by atoms with Crippen LogP contribution in [0.25, 0.3) is 0 Å². The van der Waals surface area contributed by atoms with Gasteiger partial charge in [-0.05, 0) is 19.8 Å². The maximum Gasteiger partial charge on any atom is 0.319 e. The first kappa shape index (κ1) is 16.3. The van der Waals surface area contributed by atoms with Gasteiger partial charge in [0.05, 0.1) is 18.9 Å². The van der Waals surface area contributed by atoms with Crippen molar-refractivity contribution < 1.29 is 24.2 Å². The first-order valence-corrected chi connectivity index (χ1v) is 6.84. The SMILES string of the molecule is CCOC(=O)C1CCCN(C(=O)N(C)CCC(=O)O)C1. The van der Waals surface area contributed by atoms with E-state index in [-0.39, 0.29) is 30.9 Å². The summed E-state index contributed by atoms with van der Waals surface area (Å²) in [5.74, 6) is -1.48. The number of ether oxygens (including phenoxy) is 1.